The first-order chi connectivity index (χ1) is 8.61. The van der Waals surface area contributed by atoms with Crippen LogP contribution in [0.25, 0.3) is 0 Å². The Morgan fingerprint density at radius 3 is 2.56 bits per heavy atom. The minimum Gasteiger partial charge on any atom is -0.508 e. The molecule has 1 unspecified atom stereocenters. The Kier molecular flexibility index (Phi) is 3.85. The molecule has 1 atom stereocenters. The maximum Gasteiger partial charge on any atom is 0.127 e. The van der Waals surface area contributed by atoms with Gasteiger partial charge in [0.25, 0.3) is 0 Å². The predicted octanol–water partition coefficient (Wildman–Crippen LogP) is 1.51. The zero-order valence-electron chi connectivity index (χ0n) is 10.9. The topological polar surface area (TPSA) is 50.5 Å². The molecular formula is C14H19N3O. The van der Waals surface area contributed by atoms with Gasteiger partial charge in [-0.1, -0.05) is 11.6 Å². The van der Waals surface area contributed by atoms with Gasteiger partial charge in [-0.05, 0) is 26.1 Å². The number of nitriles is 1. The van der Waals surface area contributed by atoms with Crippen LogP contribution >= 0.6 is 0 Å². The van der Waals surface area contributed by atoms with Crippen LogP contribution in [0.1, 0.15) is 17.2 Å². The van der Waals surface area contributed by atoms with Crippen molar-refractivity contribution in [3.8, 4) is 11.8 Å². The molecule has 0 aromatic heterocycles. The third-order valence-electron chi connectivity index (χ3n) is 3.50. The zero-order valence-corrected chi connectivity index (χ0v) is 10.9. The van der Waals surface area contributed by atoms with Gasteiger partial charge in [0.15, 0.2) is 0 Å². The van der Waals surface area contributed by atoms with Crippen LogP contribution in [0.15, 0.2) is 18.2 Å². The number of rotatable bonds is 2. The van der Waals surface area contributed by atoms with Gasteiger partial charge in [-0.3, -0.25) is 4.90 Å². The van der Waals surface area contributed by atoms with E-state index in [0.717, 1.165) is 37.3 Å². The molecule has 0 spiro atoms. The van der Waals surface area contributed by atoms with Gasteiger partial charge < -0.3 is 10.0 Å². The van der Waals surface area contributed by atoms with Gasteiger partial charge in [0.1, 0.15) is 11.8 Å². The summed E-state index contributed by atoms with van der Waals surface area (Å²) in [6, 6.07) is 7.40. The number of hydrogen-bond donors (Lipinski definition) is 1. The van der Waals surface area contributed by atoms with Crippen molar-refractivity contribution in [2.45, 2.75) is 13.0 Å². The molecule has 96 valence electrons. The lowest BCUT2D eigenvalue weighted by Gasteiger charge is -2.35. The summed E-state index contributed by atoms with van der Waals surface area (Å²) in [5.41, 5.74) is 1.79. The Hall–Kier alpha value is -1.57. The van der Waals surface area contributed by atoms with E-state index in [1.807, 2.05) is 19.1 Å². The highest BCUT2D eigenvalue weighted by atomic mass is 16.3. The van der Waals surface area contributed by atoms with E-state index in [1.54, 1.807) is 6.07 Å². The van der Waals surface area contributed by atoms with Crippen molar-refractivity contribution >= 4 is 0 Å². The third-order valence-corrected chi connectivity index (χ3v) is 3.50. The smallest absolute Gasteiger partial charge is 0.127 e. The highest BCUT2D eigenvalue weighted by molar-refractivity contribution is 5.40. The van der Waals surface area contributed by atoms with Crippen molar-refractivity contribution in [2.75, 3.05) is 33.2 Å². The summed E-state index contributed by atoms with van der Waals surface area (Å²) in [6.45, 7) is 5.63. The molecule has 0 saturated carbocycles. The number of hydrogen-bond acceptors (Lipinski definition) is 4. The molecule has 1 aliphatic rings. The summed E-state index contributed by atoms with van der Waals surface area (Å²) in [6.07, 6.45) is 0. The molecule has 0 bridgehead atoms. The van der Waals surface area contributed by atoms with Gasteiger partial charge in [0.2, 0.25) is 0 Å². The van der Waals surface area contributed by atoms with Crippen LogP contribution in [0, 0.1) is 18.3 Å². The van der Waals surface area contributed by atoms with Crippen molar-refractivity contribution in [2.24, 2.45) is 0 Å². The van der Waals surface area contributed by atoms with E-state index < -0.39 is 0 Å². The molecular weight excluding hydrogens is 226 g/mol. The molecule has 1 aliphatic heterocycles. The van der Waals surface area contributed by atoms with Gasteiger partial charge in [-0.25, -0.2) is 0 Å². The number of phenolic OH excluding ortho intramolecular Hbond substituents is 1. The number of phenols is 1. The predicted molar refractivity (Wildman–Crippen MR) is 70.3 cm³/mol. The van der Waals surface area contributed by atoms with Crippen molar-refractivity contribution in [1.29, 1.82) is 5.26 Å². The number of piperazine rings is 1. The maximum absolute atomic E-state index is 9.93. The molecule has 0 amide bonds. The molecule has 1 heterocycles. The van der Waals surface area contributed by atoms with Gasteiger partial charge >= 0.3 is 0 Å². The summed E-state index contributed by atoms with van der Waals surface area (Å²) < 4.78 is 0. The number of nitrogens with zero attached hydrogens (tertiary/aromatic N) is 3. The monoisotopic (exact) mass is 245 g/mol. The van der Waals surface area contributed by atoms with Crippen molar-refractivity contribution in [3.05, 3.63) is 29.3 Å². The van der Waals surface area contributed by atoms with Gasteiger partial charge in [0.05, 0.1) is 6.07 Å². The average molecular weight is 245 g/mol. The first-order valence-electron chi connectivity index (χ1n) is 6.23. The molecule has 1 fully saturated rings. The van der Waals surface area contributed by atoms with E-state index >= 15 is 0 Å². The fourth-order valence-electron chi connectivity index (χ4n) is 2.32. The Morgan fingerprint density at radius 1 is 1.28 bits per heavy atom. The minimum atomic E-state index is -0.349. The summed E-state index contributed by atoms with van der Waals surface area (Å²) >= 11 is 0. The zero-order chi connectivity index (χ0) is 13.1. The van der Waals surface area contributed by atoms with E-state index in [2.05, 4.69) is 22.9 Å². The molecule has 0 aliphatic carbocycles. The van der Waals surface area contributed by atoms with Gasteiger partial charge in [0, 0.05) is 31.7 Å². The Bertz CT molecular complexity index is 459. The van der Waals surface area contributed by atoms with E-state index in [1.165, 1.54) is 0 Å². The molecule has 0 radical (unpaired) electrons. The summed E-state index contributed by atoms with van der Waals surface area (Å²) in [4.78, 5) is 4.38. The quantitative estimate of drug-likeness (QED) is 0.858. The second kappa shape index (κ2) is 5.38. The first kappa shape index (κ1) is 12.9. The van der Waals surface area contributed by atoms with E-state index in [4.69, 9.17) is 0 Å². The highest BCUT2D eigenvalue weighted by Crippen LogP contribution is 2.29. The molecule has 2 rings (SSSR count). The van der Waals surface area contributed by atoms with Crippen LogP contribution in [0.2, 0.25) is 0 Å². The second-order valence-electron chi connectivity index (χ2n) is 4.93. The Morgan fingerprint density at radius 2 is 1.94 bits per heavy atom. The SMILES string of the molecule is Cc1ccc(O)c(C(C#N)N2CCN(C)CC2)c1. The maximum atomic E-state index is 9.93. The minimum absolute atomic E-state index is 0.214. The average Bonchev–Trinajstić information content (AvgIpc) is 2.37. The summed E-state index contributed by atoms with van der Waals surface area (Å²) in [7, 11) is 2.09. The molecule has 4 nitrogen and oxygen atoms in total. The molecule has 1 N–H and O–H groups in total. The van der Waals surface area contributed by atoms with Crippen LogP contribution < -0.4 is 0 Å². The summed E-state index contributed by atoms with van der Waals surface area (Å²) in [5.74, 6) is 0.214. The lowest BCUT2D eigenvalue weighted by atomic mass is 10.0. The number of aromatic hydroxyl groups is 1. The second-order valence-corrected chi connectivity index (χ2v) is 4.93. The molecule has 4 heteroatoms. The Labute approximate surface area is 108 Å². The fraction of sp³-hybridized carbons (Fsp3) is 0.500. The molecule has 18 heavy (non-hydrogen) atoms. The Balaban J connectivity index is 2.23. The normalized spacial score (nSPS) is 19.4. The van der Waals surface area contributed by atoms with Gasteiger partial charge in [-0.2, -0.15) is 5.26 Å². The van der Waals surface area contributed by atoms with Crippen molar-refractivity contribution in [3.63, 3.8) is 0 Å². The summed E-state index contributed by atoms with van der Waals surface area (Å²) in [5, 5.41) is 19.3. The van der Waals surface area contributed by atoms with Crippen LogP contribution in [-0.4, -0.2) is 48.1 Å². The lowest BCUT2D eigenvalue weighted by Crippen LogP contribution is -2.45. The van der Waals surface area contributed by atoms with E-state index in [0.29, 0.717) is 0 Å². The van der Waals surface area contributed by atoms with Crippen LogP contribution in [0.3, 0.4) is 0 Å². The van der Waals surface area contributed by atoms with Crippen molar-refractivity contribution in [1.82, 2.24) is 9.80 Å². The lowest BCUT2D eigenvalue weighted by molar-refractivity contribution is 0.131. The van der Waals surface area contributed by atoms with E-state index in [-0.39, 0.29) is 11.8 Å². The van der Waals surface area contributed by atoms with Gasteiger partial charge in [-0.15, -0.1) is 0 Å². The van der Waals surface area contributed by atoms with Crippen LogP contribution in [-0.2, 0) is 0 Å². The number of benzene rings is 1. The van der Waals surface area contributed by atoms with E-state index in [9.17, 15) is 10.4 Å². The fourth-order valence-corrected chi connectivity index (χ4v) is 2.32. The third kappa shape index (κ3) is 2.63. The first-order valence-corrected chi connectivity index (χ1v) is 6.23. The molecule has 1 aromatic carbocycles. The van der Waals surface area contributed by atoms with Crippen LogP contribution in [0.5, 0.6) is 5.75 Å². The number of aryl methyl sites for hydroxylation is 1. The number of likely N-dealkylation sites (N-methyl/N-ethyl adjacent to an activating group) is 1. The van der Waals surface area contributed by atoms with Crippen molar-refractivity contribution < 1.29 is 5.11 Å². The largest absolute Gasteiger partial charge is 0.508 e. The molecule has 1 aromatic rings. The van der Waals surface area contributed by atoms with Crippen LogP contribution in [0.4, 0.5) is 0 Å². The highest BCUT2D eigenvalue weighted by Gasteiger charge is 2.25. The molecule has 1 saturated heterocycles. The standard InChI is InChI=1S/C14H19N3O/c1-11-3-4-14(18)12(9-11)13(10-15)17-7-5-16(2)6-8-17/h3-4,9,13,18H,5-8H2,1-2H3.